The molecule has 0 amide bonds. The largest absolute Gasteiger partial charge is 0.480 e. The predicted molar refractivity (Wildman–Crippen MR) is 55.4 cm³/mol. The summed E-state index contributed by atoms with van der Waals surface area (Å²) >= 11 is 0. The van der Waals surface area contributed by atoms with Crippen LogP contribution in [0.15, 0.2) is 0 Å². The third kappa shape index (κ3) is 2.45. The highest BCUT2D eigenvalue weighted by atomic mass is 16.4. The van der Waals surface area contributed by atoms with Crippen LogP contribution in [-0.4, -0.2) is 59.6 Å². The first-order chi connectivity index (χ1) is 6.56. The fraction of sp³-hybridized carbons (Fsp3) is 0.900. The van der Waals surface area contributed by atoms with Gasteiger partial charge in [0.15, 0.2) is 0 Å². The summed E-state index contributed by atoms with van der Waals surface area (Å²) in [7, 11) is 2.11. The van der Waals surface area contributed by atoms with Gasteiger partial charge in [0, 0.05) is 25.7 Å². The monoisotopic (exact) mass is 200 g/mol. The van der Waals surface area contributed by atoms with E-state index in [1.165, 1.54) is 0 Å². The van der Waals surface area contributed by atoms with Crippen LogP contribution < -0.4 is 0 Å². The number of carbonyl (C=O) groups is 1. The van der Waals surface area contributed by atoms with Crippen molar-refractivity contribution in [1.29, 1.82) is 0 Å². The molecular formula is C10H20N2O2. The van der Waals surface area contributed by atoms with Crippen LogP contribution in [0.4, 0.5) is 0 Å². The quantitative estimate of drug-likeness (QED) is 0.720. The third-order valence-electron chi connectivity index (χ3n) is 3.18. The summed E-state index contributed by atoms with van der Waals surface area (Å²) in [6.45, 7) is 6.62. The van der Waals surface area contributed by atoms with Gasteiger partial charge in [-0.15, -0.1) is 0 Å². The van der Waals surface area contributed by atoms with Gasteiger partial charge in [0.2, 0.25) is 0 Å². The molecule has 0 aromatic carbocycles. The summed E-state index contributed by atoms with van der Waals surface area (Å²) in [4.78, 5) is 15.2. The van der Waals surface area contributed by atoms with Gasteiger partial charge >= 0.3 is 5.97 Å². The predicted octanol–water partition coefficient (Wildman–Crippen LogP) is 0.486. The Kier molecular flexibility index (Phi) is 3.89. The molecule has 14 heavy (non-hydrogen) atoms. The van der Waals surface area contributed by atoms with Gasteiger partial charge in [-0.05, 0) is 20.4 Å². The van der Waals surface area contributed by atoms with E-state index in [-0.39, 0.29) is 6.04 Å². The number of carboxylic acid groups (broad SMARTS) is 1. The molecule has 2 unspecified atom stereocenters. The molecule has 0 spiro atoms. The van der Waals surface area contributed by atoms with Crippen LogP contribution in [0.25, 0.3) is 0 Å². The van der Waals surface area contributed by atoms with Crippen molar-refractivity contribution in [1.82, 2.24) is 9.80 Å². The van der Waals surface area contributed by atoms with Gasteiger partial charge in [0.1, 0.15) is 6.04 Å². The average molecular weight is 200 g/mol. The Hall–Kier alpha value is -0.610. The Morgan fingerprint density at radius 1 is 1.57 bits per heavy atom. The molecule has 0 aliphatic carbocycles. The summed E-state index contributed by atoms with van der Waals surface area (Å²) in [6.07, 6.45) is 1.08. The first kappa shape index (κ1) is 11.5. The number of likely N-dealkylation sites (N-methyl/N-ethyl adjacent to an activating group) is 1. The van der Waals surface area contributed by atoms with Gasteiger partial charge in [0.05, 0.1) is 0 Å². The highest BCUT2D eigenvalue weighted by Crippen LogP contribution is 2.13. The molecule has 1 fully saturated rings. The molecule has 1 heterocycles. The lowest BCUT2D eigenvalue weighted by atomic mass is 10.1. The summed E-state index contributed by atoms with van der Waals surface area (Å²) in [5.41, 5.74) is 0. The number of aliphatic carboxylic acids is 1. The van der Waals surface area contributed by atoms with Gasteiger partial charge in [0.25, 0.3) is 0 Å². The second kappa shape index (κ2) is 4.75. The molecule has 2 atom stereocenters. The lowest BCUT2D eigenvalue weighted by Gasteiger charge is -2.40. The smallest absolute Gasteiger partial charge is 0.320 e. The van der Waals surface area contributed by atoms with Gasteiger partial charge < -0.3 is 10.0 Å². The van der Waals surface area contributed by atoms with Gasteiger partial charge in [-0.3, -0.25) is 9.69 Å². The molecule has 1 aliphatic heterocycles. The van der Waals surface area contributed by atoms with E-state index in [2.05, 4.69) is 23.8 Å². The average Bonchev–Trinajstić information content (AvgIpc) is 2.17. The highest BCUT2D eigenvalue weighted by Gasteiger charge is 2.28. The topological polar surface area (TPSA) is 43.8 Å². The second-order valence-electron chi connectivity index (χ2n) is 4.05. The summed E-state index contributed by atoms with van der Waals surface area (Å²) in [5.74, 6) is -0.718. The van der Waals surface area contributed by atoms with E-state index in [0.29, 0.717) is 6.04 Å². The Morgan fingerprint density at radius 2 is 2.21 bits per heavy atom. The van der Waals surface area contributed by atoms with E-state index < -0.39 is 5.97 Å². The molecular weight excluding hydrogens is 180 g/mol. The summed E-state index contributed by atoms with van der Waals surface area (Å²) in [5, 5.41) is 8.90. The standard InChI is InChI=1S/C10H20N2O2/c1-4-9-7-12(6-5-11(9)3)8(2)10(13)14/h8-9H,4-7H2,1-3H3,(H,13,14). The van der Waals surface area contributed by atoms with Crippen LogP contribution in [0.2, 0.25) is 0 Å². The molecule has 82 valence electrons. The maximum Gasteiger partial charge on any atom is 0.320 e. The molecule has 0 aromatic rings. The van der Waals surface area contributed by atoms with Crippen molar-refractivity contribution in [2.75, 3.05) is 26.7 Å². The molecule has 1 N–H and O–H groups in total. The van der Waals surface area contributed by atoms with Gasteiger partial charge in [-0.1, -0.05) is 6.92 Å². The van der Waals surface area contributed by atoms with E-state index in [9.17, 15) is 4.79 Å². The SMILES string of the molecule is CCC1CN(C(C)C(=O)O)CCN1C. The molecule has 0 radical (unpaired) electrons. The zero-order valence-corrected chi connectivity index (χ0v) is 9.23. The van der Waals surface area contributed by atoms with E-state index in [1.807, 2.05) is 0 Å². The van der Waals surface area contributed by atoms with Crippen molar-refractivity contribution < 1.29 is 9.90 Å². The lowest BCUT2D eigenvalue weighted by molar-refractivity contribution is -0.143. The molecule has 0 aromatic heterocycles. The van der Waals surface area contributed by atoms with E-state index in [4.69, 9.17) is 5.11 Å². The maximum absolute atomic E-state index is 10.8. The van der Waals surface area contributed by atoms with E-state index in [1.54, 1.807) is 6.92 Å². The maximum atomic E-state index is 10.8. The number of piperazine rings is 1. The van der Waals surface area contributed by atoms with Crippen LogP contribution in [0.3, 0.4) is 0 Å². The zero-order chi connectivity index (χ0) is 10.7. The lowest BCUT2D eigenvalue weighted by Crippen LogP contribution is -2.55. The number of carboxylic acids is 1. The van der Waals surface area contributed by atoms with Crippen LogP contribution in [0, 0.1) is 0 Å². The fourth-order valence-corrected chi connectivity index (χ4v) is 1.92. The number of rotatable bonds is 3. The van der Waals surface area contributed by atoms with Crippen molar-refractivity contribution in [2.45, 2.75) is 32.4 Å². The summed E-state index contributed by atoms with van der Waals surface area (Å²) in [6, 6.07) is 0.156. The molecule has 4 heteroatoms. The van der Waals surface area contributed by atoms with E-state index >= 15 is 0 Å². The second-order valence-corrected chi connectivity index (χ2v) is 4.05. The Balaban J connectivity index is 2.54. The minimum absolute atomic E-state index is 0.349. The summed E-state index contributed by atoms with van der Waals surface area (Å²) < 4.78 is 0. The molecule has 0 saturated carbocycles. The molecule has 1 rings (SSSR count). The van der Waals surface area contributed by atoms with Crippen molar-refractivity contribution >= 4 is 5.97 Å². The van der Waals surface area contributed by atoms with Crippen LogP contribution in [-0.2, 0) is 4.79 Å². The minimum Gasteiger partial charge on any atom is -0.480 e. The molecule has 1 aliphatic rings. The first-order valence-electron chi connectivity index (χ1n) is 5.23. The number of hydrogen-bond donors (Lipinski definition) is 1. The van der Waals surface area contributed by atoms with Gasteiger partial charge in [-0.25, -0.2) is 0 Å². The van der Waals surface area contributed by atoms with Crippen molar-refractivity contribution in [2.24, 2.45) is 0 Å². The van der Waals surface area contributed by atoms with Crippen molar-refractivity contribution in [3.05, 3.63) is 0 Å². The number of hydrogen-bond acceptors (Lipinski definition) is 3. The first-order valence-corrected chi connectivity index (χ1v) is 5.23. The van der Waals surface area contributed by atoms with E-state index in [0.717, 1.165) is 26.1 Å². The number of nitrogens with zero attached hydrogens (tertiary/aromatic N) is 2. The molecule has 1 saturated heterocycles. The minimum atomic E-state index is -0.718. The van der Waals surface area contributed by atoms with Crippen LogP contribution >= 0.6 is 0 Å². The normalized spacial score (nSPS) is 27.5. The van der Waals surface area contributed by atoms with Crippen molar-refractivity contribution in [3.63, 3.8) is 0 Å². The Morgan fingerprint density at radius 3 is 2.71 bits per heavy atom. The fourth-order valence-electron chi connectivity index (χ4n) is 1.92. The third-order valence-corrected chi connectivity index (χ3v) is 3.18. The van der Waals surface area contributed by atoms with Crippen LogP contribution in [0.5, 0.6) is 0 Å². The highest BCUT2D eigenvalue weighted by molar-refractivity contribution is 5.72. The zero-order valence-electron chi connectivity index (χ0n) is 9.23. The molecule has 4 nitrogen and oxygen atoms in total. The Bertz CT molecular complexity index is 208. The van der Waals surface area contributed by atoms with Crippen LogP contribution in [0.1, 0.15) is 20.3 Å². The van der Waals surface area contributed by atoms with Gasteiger partial charge in [-0.2, -0.15) is 0 Å². The Labute approximate surface area is 85.5 Å². The van der Waals surface area contributed by atoms with Crippen molar-refractivity contribution in [3.8, 4) is 0 Å². The molecule has 0 bridgehead atoms.